The fourth-order valence-corrected chi connectivity index (χ4v) is 3.45. The van der Waals surface area contributed by atoms with Gasteiger partial charge in [-0.15, -0.1) is 0 Å². The van der Waals surface area contributed by atoms with Gasteiger partial charge >= 0.3 is 0 Å². The van der Waals surface area contributed by atoms with Crippen LogP contribution in [0.1, 0.15) is 5.56 Å². The standard InChI is InChI=1S/C23H15Br2N3O2/c24-17-10-5-15(6-11-17)7-14-21(29)27-28-22(16-8-12-18(25)13-9-16)26-20-4-2-1-3-19(20)23(28)30/h1-14H,(H,27,29)/b14-7+. The number of hydrogen-bond acceptors (Lipinski definition) is 3. The zero-order chi connectivity index (χ0) is 21.1. The summed E-state index contributed by atoms with van der Waals surface area (Å²) < 4.78 is 3.05. The van der Waals surface area contributed by atoms with Crippen LogP contribution in [0.4, 0.5) is 0 Å². The highest BCUT2D eigenvalue weighted by Gasteiger charge is 2.14. The maximum absolute atomic E-state index is 13.1. The van der Waals surface area contributed by atoms with Crippen LogP contribution in [-0.2, 0) is 4.79 Å². The molecule has 1 heterocycles. The molecule has 0 aliphatic rings. The number of nitrogens with one attached hydrogen (secondary N) is 1. The lowest BCUT2D eigenvalue weighted by atomic mass is 10.2. The monoisotopic (exact) mass is 523 g/mol. The van der Waals surface area contributed by atoms with Crippen LogP contribution in [0.5, 0.6) is 0 Å². The third-order valence-corrected chi connectivity index (χ3v) is 5.45. The van der Waals surface area contributed by atoms with Gasteiger partial charge in [0, 0.05) is 20.6 Å². The summed E-state index contributed by atoms with van der Waals surface area (Å²) in [6.45, 7) is 0. The third-order valence-electron chi connectivity index (χ3n) is 4.40. The highest BCUT2D eigenvalue weighted by Crippen LogP contribution is 2.21. The molecule has 0 saturated carbocycles. The molecule has 0 radical (unpaired) electrons. The second kappa shape index (κ2) is 8.77. The third kappa shape index (κ3) is 4.42. The summed E-state index contributed by atoms with van der Waals surface area (Å²) in [4.78, 5) is 30.3. The molecule has 7 heteroatoms. The van der Waals surface area contributed by atoms with Crippen molar-refractivity contribution in [2.75, 3.05) is 5.43 Å². The van der Waals surface area contributed by atoms with E-state index < -0.39 is 5.91 Å². The van der Waals surface area contributed by atoms with Crippen molar-refractivity contribution in [3.63, 3.8) is 0 Å². The number of hydrogen-bond donors (Lipinski definition) is 1. The highest BCUT2D eigenvalue weighted by atomic mass is 79.9. The Morgan fingerprint density at radius 3 is 2.23 bits per heavy atom. The van der Waals surface area contributed by atoms with E-state index >= 15 is 0 Å². The molecule has 0 fully saturated rings. The fourth-order valence-electron chi connectivity index (χ4n) is 2.92. The molecule has 4 rings (SSSR count). The minimum Gasteiger partial charge on any atom is -0.268 e. The molecule has 5 nitrogen and oxygen atoms in total. The second-order valence-corrected chi connectivity index (χ2v) is 8.29. The van der Waals surface area contributed by atoms with Gasteiger partial charge in [0.2, 0.25) is 0 Å². The molecule has 3 aromatic carbocycles. The Kier molecular flexibility index (Phi) is 5.92. The van der Waals surface area contributed by atoms with Crippen molar-refractivity contribution < 1.29 is 4.79 Å². The first-order valence-electron chi connectivity index (χ1n) is 9.04. The lowest BCUT2D eigenvalue weighted by molar-refractivity contribution is -0.112. The Morgan fingerprint density at radius 1 is 0.900 bits per heavy atom. The number of halogens is 2. The number of carbonyl (C=O) groups excluding carboxylic acids is 1. The average Bonchev–Trinajstić information content (AvgIpc) is 2.76. The molecule has 1 aromatic heterocycles. The van der Waals surface area contributed by atoms with Gasteiger partial charge in [-0.25, -0.2) is 4.98 Å². The molecule has 0 aliphatic carbocycles. The van der Waals surface area contributed by atoms with E-state index in [1.807, 2.05) is 54.6 Å². The first kappa shape index (κ1) is 20.3. The number of amides is 1. The fraction of sp³-hybridized carbons (Fsp3) is 0. The topological polar surface area (TPSA) is 64.0 Å². The normalized spacial score (nSPS) is 11.1. The van der Waals surface area contributed by atoms with Gasteiger partial charge in [0.05, 0.1) is 10.9 Å². The van der Waals surface area contributed by atoms with E-state index in [2.05, 4.69) is 42.3 Å². The van der Waals surface area contributed by atoms with E-state index in [4.69, 9.17) is 0 Å². The molecule has 0 saturated heterocycles. The van der Waals surface area contributed by atoms with Crippen LogP contribution in [0.3, 0.4) is 0 Å². The van der Waals surface area contributed by atoms with Crippen LogP contribution in [-0.4, -0.2) is 15.6 Å². The Balaban J connectivity index is 1.74. The van der Waals surface area contributed by atoms with Gasteiger partial charge in [0.15, 0.2) is 5.82 Å². The minimum atomic E-state index is -0.435. The molecule has 148 valence electrons. The highest BCUT2D eigenvalue weighted by molar-refractivity contribution is 9.10. The maximum atomic E-state index is 13.1. The predicted molar refractivity (Wildman–Crippen MR) is 127 cm³/mol. The number of benzene rings is 3. The number of fused-ring (bicyclic) bond motifs is 1. The molecular formula is C23H15Br2N3O2. The molecule has 0 unspecified atom stereocenters. The van der Waals surface area contributed by atoms with Crippen LogP contribution < -0.4 is 11.0 Å². The zero-order valence-electron chi connectivity index (χ0n) is 15.5. The maximum Gasteiger partial charge on any atom is 0.280 e. The molecule has 0 bridgehead atoms. The van der Waals surface area contributed by atoms with Crippen molar-refractivity contribution in [3.8, 4) is 11.4 Å². The second-order valence-electron chi connectivity index (χ2n) is 6.46. The largest absolute Gasteiger partial charge is 0.280 e. The van der Waals surface area contributed by atoms with Gasteiger partial charge in [-0.2, -0.15) is 4.68 Å². The van der Waals surface area contributed by atoms with Crippen molar-refractivity contribution >= 4 is 54.7 Å². The van der Waals surface area contributed by atoms with Crippen LogP contribution in [0.15, 0.2) is 92.6 Å². The van der Waals surface area contributed by atoms with E-state index in [1.54, 1.807) is 24.3 Å². The van der Waals surface area contributed by atoms with Gasteiger partial charge in [0.25, 0.3) is 11.5 Å². The van der Waals surface area contributed by atoms with Gasteiger partial charge in [-0.3, -0.25) is 15.0 Å². The van der Waals surface area contributed by atoms with Crippen molar-refractivity contribution in [3.05, 3.63) is 104 Å². The minimum absolute atomic E-state index is 0.344. The Bertz CT molecular complexity index is 1310. The number of aromatic nitrogens is 2. The van der Waals surface area contributed by atoms with E-state index in [1.165, 1.54) is 10.8 Å². The first-order chi connectivity index (χ1) is 14.5. The summed E-state index contributed by atoms with van der Waals surface area (Å²) in [5, 5.41) is 0.426. The Hall–Kier alpha value is -3.03. The molecule has 1 N–H and O–H groups in total. The molecule has 0 atom stereocenters. The van der Waals surface area contributed by atoms with Crippen molar-refractivity contribution in [2.24, 2.45) is 0 Å². The number of para-hydroxylation sites is 1. The van der Waals surface area contributed by atoms with Crippen LogP contribution >= 0.6 is 31.9 Å². The summed E-state index contributed by atoms with van der Waals surface area (Å²) in [6.07, 6.45) is 3.07. The summed E-state index contributed by atoms with van der Waals surface area (Å²) in [6, 6.07) is 22.0. The molecule has 4 aromatic rings. The van der Waals surface area contributed by atoms with Gasteiger partial charge < -0.3 is 0 Å². The van der Waals surface area contributed by atoms with Crippen LogP contribution in [0, 0.1) is 0 Å². The van der Waals surface area contributed by atoms with Crippen molar-refractivity contribution in [1.29, 1.82) is 0 Å². The summed E-state index contributed by atoms with van der Waals surface area (Å²) >= 11 is 6.79. The number of carbonyl (C=O) groups is 1. The van der Waals surface area contributed by atoms with E-state index in [0.717, 1.165) is 14.5 Å². The quantitative estimate of drug-likeness (QED) is 0.365. The lowest BCUT2D eigenvalue weighted by Crippen LogP contribution is -2.34. The van der Waals surface area contributed by atoms with Gasteiger partial charge in [-0.05, 0) is 48.0 Å². The van der Waals surface area contributed by atoms with Crippen molar-refractivity contribution in [2.45, 2.75) is 0 Å². The zero-order valence-corrected chi connectivity index (χ0v) is 18.7. The summed E-state index contributed by atoms with van der Waals surface area (Å²) in [7, 11) is 0. The van der Waals surface area contributed by atoms with Crippen LogP contribution in [0.25, 0.3) is 28.4 Å². The Morgan fingerprint density at radius 2 is 1.53 bits per heavy atom. The smallest absolute Gasteiger partial charge is 0.268 e. The summed E-state index contributed by atoms with van der Waals surface area (Å²) in [5.74, 6) is -0.0768. The SMILES string of the molecule is O=C(/C=C/c1ccc(Br)cc1)Nn1c(-c2ccc(Br)cc2)nc2ccccc2c1=O. The molecule has 0 spiro atoms. The predicted octanol–water partition coefficient (Wildman–Crippen LogP) is 5.37. The first-order valence-corrected chi connectivity index (χ1v) is 10.6. The van der Waals surface area contributed by atoms with Crippen molar-refractivity contribution in [1.82, 2.24) is 9.66 Å². The lowest BCUT2D eigenvalue weighted by Gasteiger charge is -2.13. The number of nitrogens with zero attached hydrogens (tertiary/aromatic N) is 2. The molecule has 0 aliphatic heterocycles. The van der Waals surface area contributed by atoms with Gasteiger partial charge in [0.1, 0.15) is 0 Å². The Labute approximate surface area is 189 Å². The van der Waals surface area contributed by atoms with E-state index in [9.17, 15) is 9.59 Å². The summed E-state index contributed by atoms with van der Waals surface area (Å²) in [5.41, 5.74) is 4.46. The average molecular weight is 525 g/mol. The number of rotatable bonds is 4. The molecule has 30 heavy (non-hydrogen) atoms. The van der Waals surface area contributed by atoms with Gasteiger partial charge in [-0.1, -0.05) is 68.3 Å². The molecule has 1 amide bonds. The van der Waals surface area contributed by atoms with E-state index in [-0.39, 0.29) is 5.56 Å². The molecular weight excluding hydrogens is 510 g/mol. The van der Waals surface area contributed by atoms with Crippen LogP contribution in [0.2, 0.25) is 0 Å². The van der Waals surface area contributed by atoms with E-state index in [0.29, 0.717) is 22.3 Å².